The maximum Gasteiger partial charge on any atom is 0.225 e. The molecule has 1 fully saturated rings. The minimum absolute atomic E-state index is 0.0104. The van der Waals surface area contributed by atoms with Gasteiger partial charge in [-0.1, -0.05) is 0 Å². The average molecular weight is 332 g/mol. The fraction of sp³-hybridized carbons (Fsp3) is 0.412. The number of hydrogen-bond acceptors (Lipinski definition) is 6. The predicted octanol–water partition coefficient (Wildman–Crippen LogP) is 3.04. The van der Waals surface area contributed by atoms with E-state index in [4.69, 9.17) is 4.74 Å². The Morgan fingerprint density at radius 3 is 2.75 bits per heavy atom. The molecule has 1 saturated carbocycles. The van der Waals surface area contributed by atoms with Gasteiger partial charge in [0.25, 0.3) is 0 Å². The van der Waals surface area contributed by atoms with Crippen molar-refractivity contribution in [2.24, 2.45) is 0 Å². The lowest BCUT2D eigenvalue weighted by Gasteiger charge is -2.14. The quantitative estimate of drug-likeness (QED) is 0.723. The summed E-state index contributed by atoms with van der Waals surface area (Å²) in [6.07, 6.45) is 2.23. The van der Waals surface area contributed by atoms with E-state index in [0.29, 0.717) is 23.4 Å². The first-order valence-corrected chi connectivity index (χ1v) is 7.96. The first-order valence-electron chi connectivity index (χ1n) is 7.96. The lowest BCUT2D eigenvalue weighted by Crippen LogP contribution is -2.21. The van der Waals surface area contributed by atoms with Gasteiger partial charge in [-0.05, 0) is 31.9 Å². The molecule has 128 valence electrons. The molecule has 1 aromatic carbocycles. The van der Waals surface area contributed by atoms with Crippen molar-refractivity contribution >= 4 is 17.5 Å². The molecule has 0 spiro atoms. The molecule has 6 nitrogen and oxygen atoms in total. The Balaban J connectivity index is 1.84. The summed E-state index contributed by atoms with van der Waals surface area (Å²) in [5.41, 5.74) is 1.53. The Morgan fingerprint density at radius 2 is 2.12 bits per heavy atom. The van der Waals surface area contributed by atoms with E-state index in [1.807, 2.05) is 13.0 Å². The van der Waals surface area contributed by atoms with E-state index in [-0.39, 0.29) is 18.4 Å². The monoisotopic (exact) mass is 332 g/mol. The lowest BCUT2D eigenvalue weighted by atomic mass is 10.2. The van der Waals surface area contributed by atoms with Crippen LogP contribution in [0.4, 0.5) is 21.8 Å². The lowest BCUT2D eigenvalue weighted by molar-refractivity contribution is 0.281. The Morgan fingerprint density at radius 1 is 1.33 bits per heavy atom. The van der Waals surface area contributed by atoms with E-state index >= 15 is 0 Å². The van der Waals surface area contributed by atoms with Crippen molar-refractivity contribution in [3.05, 3.63) is 35.8 Å². The van der Waals surface area contributed by atoms with Gasteiger partial charge < -0.3 is 20.5 Å². The molecule has 1 atom stereocenters. The summed E-state index contributed by atoms with van der Waals surface area (Å²) in [6.45, 7) is 1.84. The minimum atomic E-state index is -0.439. The van der Waals surface area contributed by atoms with Crippen LogP contribution in [0.2, 0.25) is 0 Å². The zero-order valence-electron chi connectivity index (χ0n) is 13.7. The molecule has 0 aliphatic heterocycles. The van der Waals surface area contributed by atoms with Crippen LogP contribution in [0.5, 0.6) is 5.75 Å². The second-order valence-corrected chi connectivity index (χ2v) is 5.98. The van der Waals surface area contributed by atoms with Crippen molar-refractivity contribution in [2.45, 2.75) is 31.7 Å². The van der Waals surface area contributed by atoms with Crippen LogP contribution in [-0.4, -0.2) is 34.8 Å². The Kier molecular flexibility index (Phi) is 4.80. The average Bonchev–Trinajstić information content (AvgIpc) is 3.39. The zero-order valence-corrected chi connectivity index (χ0v) is 13.7. The van der Waals surface area contributed by atoms with Crippen LogP contribution < -0.4 is 15.4 Å². The van der Waals surface area contributed by atoms with Gasteiger partial charge in [-0.3, -0.25) is 0 Å². The number of aliphatic hydroxyl groups excluding tert-OH is 1. The zero-order chi connectivity index (χ0) is 17.1. The molecular weight excluding hydrogens is 311 g/mol. The molecule has 0 bridgehead atoms. The molecular formula is C17H21FN4O2. The Labute approximate surface area is 140 Å². The highest BCUT2D eigenvalue weighted by Crippen LogP contribution is 2.40. The number of aromatic nitrogens is 2. The third-order valence-electron chi connectivity index (χ3n) is 3.82. The fourth-order valence-corrected chi connectivity index (χ4v) is 2.34. The van der Waals surface area contributed by atoms with Gasteiger partial charge in [0.2, 0.25) is 5.95 Å². The molecule has 24 heavy (non-hydrogen) atoms. The maximum absolute atomic E-state index is 13.8. The highest BCUT2D eigenvalue weighted by molar-refractivity contribution is 5.59. The summed E-state index contributed by atoms with van der Waals surface area (Å²) in [5.74, 6) is 1.25. The van der Waals surface area contributed by atoms with E-state index < -0.39 is 5.82 Å². The minimum Gasteiger partial charge on any atom is -0.494 e. The normalized spacial score (nSPS) is 15.0. The van der Waals surface area contributed by atoms with E-state index in [1.165, 1.54) is 13.2 Å². The molecule has 0 saturated heterocycles. The van der Waals surface area contributed by atoms with Gasteiger partial charge >= 0.3 is 0 Å². The number of ether oxygens (including phenoxy) is 1. The number of benzene rings is 1. The van der Waals surface area contributed by atoms with Gasteiger partial charge in [0.1, 0.15) is 5.82 Å². The second kappa shape index (κ2) is 7.00. The molecule has 1 aliphatic carbocycles. The number of hydrogen-bond donors (Lipinski definition) is 3. The van der Waals surface area contributed by atoms with Crippen LogP contribution in [0.1, 0.15) is 31.4 Å². The fourth-order valence-electron chi connectivity index (χ4n) is 2.34. The number of anilines is 3. The molecule has 0 radical (unpaired) electrons. The summed E-state index contributed by atoms with van der Waals surface area (Å²) >= 11 is 0. The third-order valence-corrected chi connectivity index (χ3v) is 3.82. The van der Waals surface area contributed by atoms with Crippen molar-refractivity contribution in [3.8, 4) is 5.75 Å². The van der Waals surface area contributed by atoms with Gasteiger partial charge in [0.15, 0.2) is 11.6 Å². The highest BCUT2D eigenvalue weighted by atomic mass is 19.1. The summed E-state index contributed by atoms with van der Waals surface area (Å²) < 4.78 is 18.8. The van der Waals surface area contributed by atoms with E-state index in [9.17, 15) is 9.50 Å². The van der Waals surface area contributed by atoms with Crippen LogP contribution in [0.15, 0.2) is 24.3 Å². The SMILES string of the molecule is COc1ccc(Nc2cc(C3CC3)nc(N[C@H](C)CO)n2)cc1F. The van der Waals surface area contributed by atoms with Crippen LogP contribution in [0, 0.1) is 5.82 Å². The van der Waals surface area contributed by atoms with Crippen LogP contribution >= 0.6 is 0 Å². The number of nitrogens with one attached hydrogen (secondary N) is 2. The molecule has 1 aliphatic rings. The van der Waals surface area contributed by atoms with E-state index in [1.54, 1.807) is 12.1 Å². The number of rotatable bonds is 7. The topological polar surface area (TPSA) is 79.3 Å². The van der Waals surface area contributed by atoms with Gasteiger partial charge in [-0.15, -0.1) is 0 Å². The Hall–Kier alpha value is -2.41. The van der Waals surface area contributed by atoms with Gasteiger partial charge in [0.05, 0.1) is 19.4 Å². The summed E-state index contributed by atoms with van der Waals surface area (Å²) in [7, 11) is 1.43. The molecule has 1 heterocycles. The summed E-state index contributed by atoms with van der Waals surface area (Å²) in [5, 5.41) is 15.3. The maximum atomic E-state index is 13.8. The number of halogens is 1. The number of nitrogens with zero attached hydrogens (tertiary/aromatic N) is 2. The molecule has 2 aromatic rings. The highest BCUT2D eigenvalue weighted by Gasteiger charge is 2.26. The van der Waals surface area contributed by atoms with Crippen molar-refractivity contribution < 1.29 is 14.2 Å². The molecule has 0 unspecified atom stereocenters. The number of methoxy groups -OCH3 is 1. The van der Waals surface area contributed by atoms with Gasteiger partial charge in [0, 0.05) is 29.8 Å². The van der Waals surface area contributed by atoms with Gasteiger partial charge in [-0.2, -0.15) is 4.98 Å². The predicted molar refractivity (Wildman–Crippen MR) is 90.4 cm³/mol. The second-order valence-electron chi connectivity index (χ2n) is 5.98. The van der Waals surface area contributed by atoms with Crippen LogP contribution in [0.3, 0.4) is 0 Å². The number of aliphatic hydroxyl groups is 1. The first kappa shape index (κ1) is 16.4. The van der Waals surface area contributed by atoms with Crippen LogP contribution in [0.25, 0.3) is 0 Å². The molecule has 1 aromatic heterocycles. The summed E-state index contributed by atoms with van der Waals surface area (Å²) in [6, 6.07) is 6.39. The smallest absolute Gasteiger partial charge is 0.225 e. The Bertz CT molecular complexity index is 722. The summed E-state index contributed by atoms with van der Waals surface area (Å²) in [4.78, 5) is 8.90. The van der Waals surface area contributed by atoms with Crippen LogP contribution in [-0.2, 0) is 0 Å². The van der Waals surface area contributed by atoms with E-state index in [0.717, 1.165) is 18.5 Å². The molecule has 3 rings (SSSR count). The largest absolute Gasteiger partial charge is 0.494 e. The van der Waals surface area contributed by atoms with Crippen molar-refractivity contribution in [1.29, 1.82) is 0 Å². The third kappa shape index (κ3) is 3.91. The molecule has 3 N–H and O–H groups in total. The van der Waals surface area contributed by atoms with Crippen molar-refractivity contribution in [3.63, 3.8) is 0 Å². The van der Waals surface area contributed by atoms with E-state index in [2.05, 4.69) is 20.6 Å². The molecule has 0 amide bonds. The van der Waals surface area contributed by atoms with Gasteiger partial charge in [-0.25, -0.2) is 9.37 Å². The van der Waals surface area contributed by atoms with Crippen molar-refractivity contribution in [2.75, 3.05) is 24.4 Å². The van der Waals surface area contributed by atoms with Crippen molar-refractivity contribution in [1.82, 2.24) is 9.97 Å². The standard InChI is InChI=1S/C17H21FN4O2/c1-10(9-23)19-17-21-14(11-3-4-11)8-16(22-17)20-12-5-6-15(24-2)13(18)7-12/h5-8,10-11,23H,3-4,9H2,1-2H3,(H2,19,20,21,22)/t10-/m1/s1. The molecule has 7 heteroatoms. The first-order chi connectivity index (χ1) is 11.6.